The summed E-state index contributed by atoms with van der Waals surface area (Å²) in [5, 5.41) is 0. The van der Waals surface area contributed by atoms with Gasteiger partial charge in [-0.15, -0.1) is 0 Å². The summed E-state index contributed by atoms with van der Waals surface area (Å²) in [6, 6.07) is 3.83. The van der Waals surface area contributed by atoms with Gasteiger partial charge in [0, 0.05) is 68.2 Å². The molecule has 0 aromatic carbocycles. The molecule has 4 heterocycles. The molecule has 0 N–H and O–H groups in total. The quantitative estimate of drug-likeness (QED) is 0.645. The molecule has 0 spiro atoms. The van der Waals surface area contributed by atoms with Gasteiger partial charge in [-0.3, -0.25) is 19.6 Å². The molecular formula is C26H30N4O4. The van der Waals surface area contributed by atoms with Crippen LogP contribution in [-0.4, -0.2) is 56.7 Å². The average Bonchev–Trinajstić information content (AvgIpc) is 2.81. The smallest absolute Gasteiger partial charge is 0.410 e. The van der Waals surface area contributed by atoms with E-state index >= 15 is 0 Å². The van der Waals surface area contributed by atoms with E-state index in [0.29, 0.717) is 44.6 Å². The lowest BCUT2D eigenvalue weighted by Gasteiger charge is -2.30. The van der Waals surface area contributed by atoms with Gasteiger partial charge in [-0.05, 0) is 49.6 Å². The second-order valence-electron chi connectivity index (χ2n) is 9.69. The number of aldehydes is 1. The topological polar surface area (TPSA) is 92.7 Å². The molecule has 4 rings (SSSR count). The van der Waals surface area contributed by atoms with E-state index in [0.717, 1.165) is 34.4 Å². The Morgan fingerprint density at radius 3 is 2.21 bits per heavy atom. The summed E-state index contributed by atoms with van der Waals surface area (Å²) in [6.07, 6.45) is 9.22. The van der Waals surface area contributed by atoms with Gasteiger partial charge in [0.25, 0.3) is 0 Å². The van der Waals surface area contributed by atoms with E-state index in [-0.39, 0.29) is 18.4 Å². The van der Waals surface area contributed by atoms with Crippen LogP contribution in [0, 0.1) is 0 Å². The van der Waals surface area contributed by atoms with E-state index in [2.05, 4.69) is 9.97 Å². The van der Waals surface area contributed by atoms with Gasteiger partial charge < -0.3 is 14.5 Å². The van der Waals surface area contributed by atoms with E-state index in [1.807, 2.05) is 45.1 Å². The first-order chi connectivity index (χ1) is 16.2. The van der Waals surface area contributed by atoms with Crippen LogP contribution < -0.4 is 0 Å². The zero-order valence-electron chi connectivity index (χ0n) is 19.9. The number of fused-ring (bicyclic) bond motifs is 2. The number of rotatable bonds is 4. The lowest BCUT2D eigenvalue weighted by Crippen LogP contribution is -2.40. The maximum atomic E-state index is 12.7. The molecule has 2 aliphatic rings. The summed E-state index contributed by atoms with van der Waals surface area (Å²) in [7, 11) is 0. The van der Waals surface area contributed by atoms with Gasteiger partial charge in [-0.25, -0.2) is 4.79 Å². The first-order valence-corrected chi connectivity index (χ1v) is 11.5. The first-order valence-electron chi connectivity index (χ1n) is 11.5. The van der Waals surface area contributed by atoms with Crippen LogP contribution in [-0.2, 0) is 35.5 Å². The highest BCUT2D eigenvalue weighted by molar-refractivity contribution is 5.79. The Hall–Kier alpha value is -3.55. The van der Waals surface area contributed by atoms with Gasteiger partial charge in [-0.2, -0.15) is 0 Å². The summed E-state index contributed by atoms with van der Waals surface area (Å²) >= 11 is 0. The van der Waals surface area contributed by atoms with Gasteiger partial charge >= 0.3 is 6.09 Å². The number of hydrogen-bond acceptors (Lipinski definition) is 6. The largest absolute Gasteiger partial charge is 0.444 e. The van der Waals surface area contributed by atoms with Crippen molar-refractivity contribution in [2.45, 2.75) is 58.7 Å². The average molecular weight is 463 g/mol. The van der Waals surface area contributed by atoms with Gasteiger partial charge in [0.1, 0.15) is 5.60 Å². The van der Waals surface area contributed by atoms with Crippen LogP contribution in [0.5, 0.6) is 0 Å². The predicted octanol–water partition coefficient (Wildman–Crippen LogP) is 3.57. The Bertz CT molecular complexity index is 1140. The fourth-order valence-electron chi connectivity index (χ4n) is 4.17. The monoisotopic (exact) mass is 462 g/mol. The third-order valence-corrected chi connectivity index (χ3v) is 5.86. The number of amides is 2. The fraction of sp³-hybridized carbons (Fsp3) is 0.423. The van der Waals surface area contributed by atoms with E-state index in [4.69, 9.17) is 4.74 Å². The predicted molar refractivity (Wildman–Crippen MR) is 127 cm³/mol. The number of hydrogen-bond donors (Lipinski definition) is 0. The maximum Gasteiger partial charge on any atom is 0.410 e. The second-order valence-corrected chi connectivity index (χ2v) is 9.69. The molecule has 8 heteroatoms. The summed E-state index contributed by atoms with van der Waals surface area (Å²) in [5.41, 5.74) is 4.75. The van der Waals surface area contributed by atoms with Gasteiger partial charge in [0.15, 0.2) is 6.29 Å². The number of carbonyl (C=O) groups is 3. The zero-order chi connectivity index (χ0) is 24.3. The van der Waals surface area contributed by atoms with Crippen LogP contribution >= 0.6 is 0 Å². The van der Waals surface area contributed by atoms with E-state index in [9.17, 15) is 14.4 Å². The summed E-state index contributed by atoms with van der Waals surface area (Å²) in [5.74, 6) is 0.0282. The molecular weight excluding hydrogens is 432 g/mol. The molecule has 2 aliphatic heterocycles. The molecule has 2 aromatic rings. The molecule has 0 radical (unpaired) electrons. The Labute approximate surface area is 199 Å². The highest BCUT2D eigenvalue weighted by Crippen LogP contribution is 2.22. The summed E-state index contributed by atoms with van der Waals surface area (Å²) < 4.78 is 5.50. The molecule has 2 amide bonds. The molecule has 8 nitrogen and oxygen atoms in total. The van der Waals surface area contributed by atoms with Crippen LogP contribution in [0.15, 0.2) is 30.6 Å². The highest BCUT2D eigenvalue weighted by atomic mass is 16.6. The van der Waals surface area contributed by atoms with Gasteiger partial charge in [0.2, 0.25) is 5.91 Å². The summed E-state index contributed by atoms with van der Waals surface area (Å²) in [4.78, 5) is 48.6. The van der Waals surface area contributed by atoms with Crippen molar-refractivity contribution in [1.29, 1.82) is 0 Å². The first kappa shape index (κ1) is 23.6. The molecule has 0 aliphatic carbocycles. The fourth-order valence-corrected chi connectivity index (χ4v) is 4.17. The van der Waals surface area contributed by atoms with Crippen molar-refractivity contribution in [2.24, 2.45) is 0 Å². The van der Waals surface area contributed by atoms with Gasteiger partial charge in [-0.1, -0.05) is 12.2 Å². The van der Waals surface area contributed by atoms with Crippen molar-refractivity contribution in [3.63, 3.8) is 0 Å². The third-order valence-electron chi connectivity index (χ3n) is 5.86. The third kappa shape index (κ3) is 5.68. The van der Waals surface area contributed by atoms with Crippen molar-refractivity contribution in [2.75, 3.05) is 13.1 Å². The molecule has 0 atom stereocenters. The lowest BCUT2D eigenvalue weighted by atomic mass is 10.0. The van der Waals surface area contributed by atoms with E-state index in [1.165, 1.54) is 0 Å². The molecule has 34 heavy (non-hydrogen) atoms. The van der Waals surface area contributed by atoms with Crippen molar-refractivity contribution in [1.82, 2.24) is 19.8 Å². The normalized spacial score (nSPS) is 15.6. The zero-order valence-corrected chi connectivity index (χ0v) is 19.9. The lowest BCUT2D eigenvalue weighted by molar-refractivity contribution is -0.131. The number of aromatic nitrogens is 2. The van der Waals surface area contributed by atoms with Crippen LogP contribution in [0.1, 0.15) is 65.6 Å². The molecule has 0 saturated carbocycles. The number of nitrogens with zero attached hydrogens (tertiary/aromatic N) is 4. The number of carbonyl (C=O) groups excluding carboxylic acids is 3. The van der Waals surface area contributed by atoms with Crippen molar-refractivity contribution >= 4 is 24.4 Å². The minimum Gasteiger partial charge on any atom is -0.444 e. The standard InChI is InChI=1S/C26H30N4O4/c1-26(2,3)34-25(33)30-10-8-23-20(16-30)11-18(13-27-23)5-4-6-24(32)29-9-7-22-21(15-29)12-19(17-31)14-28-22/h4-5,11-14,17H,6-10,15-16H2,1-3H3/b5-4+. The summed E-state index contributed by atoms with van der Waals surface area (Å²) in [6.45, 7) is 7.71. The SMILES string of the molecule is CC(C)(C)OC(=O)N1CCc2ncc(/C=C/CC(=O)N3CCc4ncc(C=O)cc4C3)cc2C1. The van der Waals surface area contributed by atoms with Gasteiger partial charge in [0.05, 0.1) is 6.54 Å². The number of pyridine rings is 2. The van der Waals surface area contributed by atoms with Crippen molar-refractivity contribution < 1.29 is 19.1 Å². The van der Waals surface area contributed by atoms with Crippen molar-refractivity contribution in [3.05, 3.63) is 64.2 Å². The minimum atomic E-state index is -0.531. The molecule has 0 bridgehead atoms. The second kappa shape index (κ2) is 9.75. The van der Waals surface area contributed by atoms with Crippen LogP contribution in [0.25, 0.3) is 6.08 Å². The van der Waals surface area contributed by atoms with Crippen LogP contribution in [0.4, 0.5) is 4.79 Å². The number of ether oxygens (including phenoxy) is 1. The Morgan fingerprint density at radius 1 is 0.971 bits per heavy atom. The highest BCUT2D eigenvalue weighted by Gasteiger charge is 2.26. The maximum absolute atomic E-state index is 12.7. The van der Waals surface area contributed by atoms with Crippen LogP contribution in [0.2, 0.25) is 0 Å². The molecule has 178 valence electrons. The molecule has 0 fully saturated rings. The Balaban J connectivity index is 1.36. The molecule has 0 unspecified atom stereocenters. The minimum absolute atomic E-state index is 0.0282. The van der Waals surface area contributed by atoms with Crippen molar-refractivity contribution in [3.8, 4) is 0 Å². The molecule has 0 saturated heterocycles. The van der Waals surface area contributed by atoms with E-state index < -0.39 is 5.60 Å². The Morgan fingerprint density at radius 2 is 1.56 bits per heavy atom. The Kier molecular flexibility index (Phi) is 6.77. The molecule has 2 aromatic heterocycles. The van der Waals surface area contributed by atoms with Crippen LogP contribution in [0.3, 0.4) is 0 Å². The van der Waals surface area contributed by atoms with E-state index in [1.54, 1.807) is 22.2 Å².